The van der Waals surface area contributed by atoms with Crippen LogP contribution in [0.2, 0.25) is 5.02 Å². The largest absolute Gasteiger partial charge is 0.349 e. The van der Waals surface area contributed by atoms with E-state index >= 15 is 0 Å². The van der Waals surface area contributed by atoms with Gasteiger partial charge in [-0.05, 0) is 17.2 Å². The van der Waals surface area contributed by atoms with Gasteiger partial charge in [0.2, 0.25) is 0 Å². The number of amides is 1. The second kappa shape index (κ2) is 7.01. The molecule has 0 saturated heterocycles. The summed E-state index contributed by atoms with van der Waals surface area (Å²) >= 11 is 6.35. The zero-order valence-corrected chi connectivity index (χ0v) is 14.6. The molecular weight excluding hydrogens is 350 g/mol. The lowest BCUT2D eigenvalue weighted by molar-refractivity contribution is 0.0947. The van der Waals surface area contributed by atoms with Crippen molar-refractivity contribution in [1.29, 1.82) is 0 Å². The Kier molecular flexibility index (Phi) is 4.41. The maximum atomic E-state index is 12.6. The molecule has 4 rings (SSSR count). The summed E-state index contributed by atoms with van der Waals surface area (Å²) in [5, 5.41) is 8.34. The predicted molar refractivity (Wildman–Crippen MR) is 100 cm³/mol. The zero-order valence-electron chi connectivity index (χ0n) is 13.8. The molecule has 0 spiro atoms. The number of hydrogen-bond donors (Lipinski definition) is 2. The van der Waals surface area contributed by atoms with E-state index < -0.39 is 0 Å². The van der Waals surface area contributed by atoms with Gasteiger partial charge in [0.15, 0.2) is 0 Å². The molecule has 0 fully saturated rings. The Hall–Kier alpha value is -3.12. The minimum atomic E-state index is -0.234. The standard InChI is InChI=1S/C19H16ClN5O/c20-17-15-7-3-4-8-16(15)24-18(17)19(26)22-9-13-5-1-2-6-14(13)10-25-12-21-11-23-25/h1-8,11-12,24H,9-10H2,(H,22,26). The van der Waals surface area contributed by atoms with E-state index in [9.17, 15) is 4.79 Å². The van der Waals surface area contributed by atoms with Crippen molar-refractivity contribution < 1.29 is 4.79 Å². The average Bonchev–Trinajstić information content (AvgIpc) is 3.29. The molecule has 0 saturated carbocycles. The van der Waals surface area contributed by atoms with Gasteiger partial charge in [-0.2, -0.15) is 5.10 Å². The molecule has 130 valence electrons. The minimum absolute atomic E-state index is 0.234. The van der Waals surface area contributed by atoms with Crippen LogP contribution in [-0.2, 0) is 13.1 Å². The normalized spacial score (nSPS) is 11.0. The van der Waals surface area contributed by atoms with Crippen molar-refractivity contribution in [2.45, 2.75) is 13.1 Å². The van der Waals surface area contributed by atoms with E-state index in [0.717, 1.165) is 22.0 Å². The summed E-state index contributed by atoms with van der Waals surface area (Å²) in [5.41, 5.74) is 3.31. The molecule has 7 heteroatoms. The molecule has 0 atom stereocenters. The Labute approximate surface area is 154 Å². The molecule has 0 bridgehead atoms. The number of nitrogens with one attached hydrogen (secondary N) is 2. The molecule has 0 unspecified atom stereocenters. The molecule has 26 heavy (non-hydrogen) atoms. The van der Waals surface area contributed by atoms with Crippen LogP contribution >= 0.6 is 11.6 Å². The van der Waals surface area contributed by atoms with E-state index in [2.05, 4.69) is 20.4 Å². The molecule has 1 amide bonds. The third-order valence-corrected chi connectivity index (χ3v) is 4.62. The van der Waals surface area contributed by atoms with E-state index in [-0.39, 0.29) is 5.91 Å². The quantitative estimate of drug-likeness (QED) is 0.569. The van der Waals surface area contributed by atoms with Gasteiger partial charge < -0.3 is 10.3 Å². The maximum absolute atomic E-state index is 12.6. The van der Waals surface area contributed by atoms with Gasteiger partial charge in [-0.3, -0.25) is 4.79 Å². The van der Waals surface area contributed by atoms with Crippen LogP contribution in [-0.4, -0.2) is 25.7 Å². The molecule has 2 N–H and O–H groups in total. The molecule has 0 radical (unpaired) electrons. The van der Waals surface area contributed by atoms with Crippen LogP contribution in [0.15, 0.2) is 61.2 Å². The van der Waals surface area contributed by atoms with Gasteiger partial charge in [0.05, 0.1) is 11.6 Å². The number of H-pyrrole nitrogens is 1. The molecule has 6 nitrogen and oxygen atoms in total. The van der Waals surface area contributed by atoms with Crippen LogP contribution in [0, 0.1) is 0 Å². The van der Waals surface area contributed by atoms with Crippen molar-refractivity contribution in [2.24, 2.45) is 0 Å². The summed E-state index contributed by atoms with van der Waals surface area (Å²) in [6, 6.07) is 15.5. The maximum Gasteiger partial charge on any atom is 0.269 e. The monoisotopic (exact) mass is 365 g/mol. The Morgan fingerprint density at radius 3 is 2.65 bits per heavy atom. The molecule has 2 heterocycles. The highest BCUT2D eigenvalue weighted by atomic mass is 35.5. The lowest BCUT2D eigenvalue weighted by Crippen LogP contribution is -2.24. The fourth-order valence-corrected chi connectivity index (χ4v) is 3.20. The molecular formula is C19H16ClN5O. The summed E-state index contributed by atoms with van der Waals surface area (Å²) < 4.78 is 1.75. The van der Waals surface area contributed by atoms with Gasteiger partial charge in [0.25, 0.3) is 5.91 Å². The van der Waals surface area contributed by atoms with Crippen molar-refractivity contribution >= 4 is 28.4 Å². The van der Waals surface area contributed by atoms with Gasteiger partial charge in [0.1, 0.15) is 18.3 Å². The molecule has 0 aliphatic carbocycles. The number of carbonyl (C=O) groups excluding carboxylic acids is 1. The molecule has 0 aliphatic rings. The molecule has 2 aromatic carbocycles. The van der Waals surface area contributed by atoms with Crippen LogP contribution in [0.5, 0.6) is 0 Å². The summed E-state index contributed by atoms with van der Waals surface area (Å²) in [6.45, 7) is 0.995. The highest BCUT2D eigenvalue weighted by Crippen LogP contribution is 2.27. The van der Waals surface area contributed by atoms with Crippen LogP contribution in [0.25, 0.3) is 10.9 Å². The number of fused-ring (bicyclic) bond motifs is 1. The summed E-state index contributed by atoms with van der Waals surface area (Å²) in [6.07, 6.45) is 3.17. The number of benzene rings is 2. The van der Waals surface area contributed by atoms with Crippen LogP contribution in [0.3, 0.4) is 0 Å². The number of aromatic amines is 1. The van der Waals surface area contributed by atoms with Crippen LogP contribution in [0.1, 0.15) is 21.6 Å². The third kappa shape index (κ3) is 3.19. The topological polar surface area (TPSA) is 75.6 Å². The molecule has 2 aromatic heterocycles. The lowest BCUT2D eigenvalue weighted by Gasteiger charge is -2.10. The smallest absolute Gasteiger partial charge is 0.269 e. The second-order valence-corrected chi connectivity index (χ2v) is 6.28. The third-order valence-electron chi connectivity index (χ3n) is 4.23. The Balaban J connectivity index is 1.52. The Bertz CT molecular complexity index is 1050. The summed E-state index contributed by atoms with van der Waals surface area (Å²) in [4.78, 5) is 19.6. The number of rotatable bonds is 5. The van der Waals surface area contributed by atoms with Crippen molar-refractivity contribution in [1.82, 2.24) is 25.1 Å². The summed E-state index contributed by atoms with van der Waals surface area (Å²) in [5.74, 6) is -0.234. The summed E-state index contributed by atoms with van der Waals surface area (Å²) in [7, 11) is 0. The van der Waals surface area contributed by atoms with Gasteiger partial charge in [-0.15, -0.1) is 0 Å². The zero-order chi connectivity index (χ0) is 17.9. The molecule has 4 aromatic rings. The highest BCUT2D eigenvalue weighted by Gasteiger charge is 2.16. The number of para-hydroxylation sites is 1. The number of aromatic nitrogens is 4. The van der Waals surface area contributed by atoms with Crippen LogP contribution in [0.4, 0.5) is 0 Å². The first-order valence-electron chi connectivity index (χ1n) is 8.16. The second-order valence-electron chi connectivity index (χ2n) is 5.90. The number of hydrogen-bond acceptors (Lipinski definition) is 3. The first-order chi connectivity index (χ1) is 12.7. The van der Waals surface area contributed by atoms with Gasteiger partial charge in [-0.25, -0.2) is 9.67 Å². The minimum Gasteiger partial charge on any atom is -0.349 e. The number of halogens is 1. The first-order valence-corrected chi connectivity index (χ1v) is 8.54. The highest BCUT2D eigenvalue weighted by molar-refractivity contribution is 6.38. The molecule has 0 aliphatic heterocycles. The fraction of sp³-hybridized carbons (Fsp3) is 0.105. The van der Waals surface area contributed by atoms with Gasteiger partial charge in [0, 0.05) is 17.4 Å². The van der Waals surface area contributed by atoms with Gasteiger partial charge in [-0.1, -0.05) is 54.1 Å². The van der Waals surface area contributed by atoms with E-state index in [1.807, 2.05) is 48.5 Å². The first kappa shape index (κ1) is 16.4. The number of carbonyl (C=O) groups is 1. The van der Waals surface area contributed by atoms with E-state index in [1.54, 1.807) is 11.0 Å². The van der Waals surface area contributed by atoms with Gasteiger partial charge >= 0.3 is 0 Å². The van der Waals surface area contributed by atoms with E-state index in [4.69, 9.17) is 11.6 Å². The lowest BCUT2D eigenvalue weighted by atomic mass is 10.1. The van der Waals surface area contributed by atoms with Crippen molar-refractivity contribution in [2.75, 3.05) is 0 Å². The van der Waals surface area contributed by atoms with Crippen molar-refractivity contribution in [3.8, 4) is 0 Å². The Morgan fingerprint density at radius 1 is 1.12 bits per heavy atom. The average molecular weight is 366 g/mol. The van der Waals surface area contributed by atoms with Crippen molar-refractivity contribution in [3.63, 3.8) is 0 Å². The fourth-order valence-electron chi connectivity index (χ4n) is 2.90. The SMILES string of the molecule is O=C(NCc1ccccc1Cn1cncn1)c1[nH]c2ccccc2c1Cl. The predicted octanol–water partition coefficient (Wildman–Crippen LogP) is 3.39. The van der Waals surface area contributed by atoms with Crippen molar-refractivity contribution in [3.05, 3.63) is 83.0 Å². The van der Waals surface area contributed by atoms with E-state index in [0.29, 0.717) is 23.8 Å². The van der Waals surface area contributed by atoms with Crippen LogP contribution < -0.4 is 5.32 Å². The van der Waals surface area contributed by atoms with E-state index in [1.165, 1.54) is 6.33 Å². The number of nitrogens with zero attached hydrogens (tertiary/aromatic N) is 3. The Morgan fingerprint density at radius 2 is 1.88 bits per heavy atom.